The lowest BCUT2D eigenvalue weighted by molar-refractivity contribution is 0.0478. The zero-order valence-electron chi connectivity index (χ0n) is 13.8. The molecule has 0 amide bonds. The minimum absolute atomic E-state index is 0.0558. The van der Waals surface area contributed by atoms with Crippen molar-refractivity contribution in [3.8, 4) is 0 Å². The second-order valence-corrected chi connectivity index (χ2v) is 6.77. The molecule has 1 fully saturated rings. The molecule has 0 saturated carbocycles. The Morgan fingerprint density at radius 1 is 1.16 bits per heavy atom. The number of hydrogen-bond donors (Lipinski definition) is 1. The second-order valence-electron chi connectivity index (χ2n) is 5.99. The van der Waals surface area contributed by atoms with Crippen molar-refractivity contribution in [2.24, 2.45) is 10.9 Å². The molecule has 3 rings (SSSR count). The van der Waals surface area contributed by atoms with Gasteiger partial charge in [-0.2, -0.15) is 0 Å². The van der Waals surface area contributed by atoms with Crippen LogP contribution in [0.4, 0.5) is 0 Å². The van der Waals surface area contributed by atoms with E-state index in [1.165, 1.54) is 30.9 Å². The third-order valence-corrected chi connectivity index (χ3v) is 4.53. The third kappa shape index (κ3) is 4.93. The Kier molecular flexibility index (Phi) is 5.88. The van der Waals surface area contributed by atoms with Crippen LogP contribution in [0.25, 0.3) is 0 Å². The molecule has 1 aromatic heterocycles. The summed E-state index contributed by atoms with van der Waals surface area (Å²) in [5.74, 6) is -0.501. The number of amidine groups is 1. The fourth-order valence-corrected chi connectivity index (χ4v) is 3.08. The Morgan fingerprint density at radius 2 is 1.88 bits per heavy atom. The highest BCUT2D eigenvalue weighted by atomic mass is 79.9. The fourth-order valence-electron chi connectivity index (χ4n) is 2.77. The number of nitrogens with zero attached hydrogens (tertiary/aromatic N) is 2. The topological polar surface area (TPSA) is 81.1 Å². The number of nitrogens with two attached hydrogens (primary N) is 1. The van der Waals surface area contributed by atoms with Crippen LogP contribution in [0.2, 0.25) is 0 Å². The van der Waals surface area contributed by atoms with E-state index in [1.54, 1.807) is 6.07 Å². The molecular formula is C18H20BrN3O3. The van der Waals surface area contributed by atoms with Crippen LogP contribution in [0.5, 0.6) is 0 Å². The van der Waals surface area contributed by atoms with Crippen LogP contribution in [0.15, 0.2) is 50.6 Å². The zero-order chi connectivity index (χ0) is 17.6. The lowest BCUT2D eigenvalue weighted by Crippen LogP contribution is -2.29. The Morgan fingerprint density at radius 3 is 2.52 bits per heavy atom. The predicted octanol–water partition coefficient (Wildman–Crippen LogP) is 3.51. The van der Waals surface area contributed by atoms with Crippen molar-refractivity contribution >= 4 is 27.7 Å². The van der Waals surface area contributed by atoms with E-state index in [9.17, 15) is 4.79 Å². The van der Waals surface area contributed by atoms with Crippen molar-refractivity contribution < 1.29 is 14.0 Å². The van der Waals surface area contributed by atoms with E-state index in [0.717, 1.165) is 19.6 Å². The van der Waals surface area contributed by atoms with Crippen molar-refractivity contribution in [2.45, 2.75) is 25.8 Å². The smallest absolute Gasteiger partial charge is 0.400 e. The maximum Gasteiger partial charge on any atom is 0.400 e. The quantitative estimate of drug-likeness (QED) is 0.356. The summed E-state index contributed by atoms with van der Waals surface area (Å²) in [6, 6.07) is 10.9. The van der Waals surface area contributed by atoms with Crippen LogP contribution in [-0.4, -0.2) is 29.8 Å². The summed E-state index contributed by atoms with van der Waals surface area (Å²) in [6.07, 6.45) is 3.88. The maximum atomic E-state index is 11.8. The van der Waals surface area contributed by atoms with Crippen LogP contribution in [0.1, 0.15) is 40.9 Å². The first-order valence-corrected chi connectivity index (χ1v) is 9.03. The van der Waals surface area contributed by atoms with Crippen LogP contribution < -0.4 is 5.73 Å². The number of hydrogen-bond acceptors (Lipinski definition) is 5. The molecule has 1 saturated heterocycles. The number of oxime groups is 1. The van der Waals surface area contributed by atoms with Gasteiger partial charge in [0, 0.05) is 12.1 Å². The summed E-state index contributed by atoms with van der Waals surface area (Å²) in [5.41, 5.74) is 7.82. The number of piperidine rings is 1. The highest BCUT2D eigenvalue weighted by molar-refractivity contribution is 9.10. The van der Waals surface area contributed by atoms with Crippen LogP contribution in [0.3, 0.4) is 0 Å². The molecule has 0 unspecified atom stereocenters. The molecule has 2 N–H and O–H groups in total. The number of carbonyl (C=O) groups is 1. The number of halogens is 1. The molecule has 7 heteroatoms. The van der Waals surface area contributed by atoms with Crippen LogP contribution in [-0.2, 0) is 11.4 Å². The van der Waals surface area contributed by atoms with E-state index >= 15 is 0 Å². The number of carbonyl (C=O) groups excluding carboxylic acids is 1. The highest BCUT2D eigenvalue weighted by Gasteiger charge is 2.13. The van der Waals surface area contributed by atoms with E-state index in [2.05, 4.69) is 26.0 Å². The number of likely N-dealkylation sites (tertiary alicyclic amines) is 1. The SMILES string of the molecule is N/C(=N/OC(=O)c1ccc(Br)o1)c1ccc(CN2CCCCC2)cc1. The highest BCUT2D eigenvalue weighted by Crippen LogP contribution is 2.15. The van der Waals surface area contributed by atoms with Crippen molar-refractivity contribution in [1.82, 2.24) is 4.90 Å². The third-order valence-electron chi connectivity index (χ3n) is 4.11. The van der Waals surface area contributed by atoms with E-state index in [0.29, 0.717) is 10.2 Å². The molecule has 0 aliphatic carbocycles. The normalized spacial score (nSPS) is 16.0. The Balaban J connectivity index is 1.57. The van der Waals surface area contributed by atoms with Crippen LogP contribution >= 0.6 is 15.9 Å². The van der Waals surface area contributed by atoms with Crippen molar-refractivity contribution in [1.29, 1.82) is 0 Å². The average molecular weight is 406 g/mol. The van der Waals surface area contributed by atoms with Crippen LogP contribution in [0, 0.1) is 0 Å². The second kappa shape index (κ2) is 8.31. The van der Waals surface area contributed by atoms with Gasteiger partial charge in [-0.05, 0) is 59.6 Å². The summed E-state index contributed by atoms with van der Waals surface area (Å²) in [4.78, 5) is 19.0. The zero-order valence-corrected chi connectivity index (χ0v) is 15.4. The van der Waals surface area contributed by atoms with Crippen molar-refractivity contribution in [3.63, 3.8) is 0 Å². The molecule has 0 atom stereocenters. The van der Waals surface area contributed by atoms with Gasteiger partial charge in [-0.15, -0.1) is 0 Å². The standard InChI is InChI=1S/C18H20BrN3O3/c19-16-9-8-15(24-16)18(23)25-21-17(20)14-6-4-13(5-7-14)12-22-10-2-1-3-11-22/h4-9H,1-3,10-12H2,(H2,20,21). The van der Waals surface area contributed by atoms with E-state index in [4.69, 9.17) is 15.0 Å². The van der Waals surface area contributed by atoms with E-state index < -0.39 is 5.97 Å². The van der Waals surface area contributed by atoms with Gasteiger partial charge in [0.1, 0.15) is 0 Å². The van der Waals surface area contributed by atoms with Gasteiger partial charge < -0.3 is 15.0 Å². The first kappa shape index (κ1) is 17.7. The van der Waals surface area contributed by atoms with E-state index in [1.807, 2.05) is 24.3 Å². The first-order valence-electron chi connectivity index (χ1n) is 8.23. The molecule has 0 radical (unpaired) electrons. The molecular weight excluding hydrogens is 386 g/mol. The van der Waals surface area contributed by atoms with E-state index in [-0.39, 0.29) is 11.6 Å². The summed E-state index contributed by atoms with van der Waals surface area (Å²) in [5, 5.41) is 3.68. The number of rotatable bonds is 5. The molecule has 2 heterocycles. The van der Waals surface area contributed by atoms with Crippen molar-refractivity contribution in [2.75, 3.05) is 13.1 Å². The number of furan rings is 1. The molecule has 25 heavy (non-hydrogen) atoms. The molecule has 132 valence electrons. The summed E-state index contributed by atoms with van der Waals surface area (Å²) < 4.78 is 5.54. The van der Waals surface area contributed by atoms with Gasteiger partial charge >= 0.3 is 5.97 Å². The van der Waals surface area contributed by atoms with Gasteiger partial charge in [0.2, 0.25) is 5.76 Å². The molecule has 0 spiro atoms. The minimum atomic E-state index is -0.699. The summed E-state index contributed by atoms with van der Waals surface area (Å²) in [7, 11) is 0. The molecule has 6 nitrogen and oxygen atoms in total. The monoisotopic (exact) mass is 405 g/mol. The molecule has 2 aromatic rings. The predicted molar refractivity (Wildman–Crippen MR) is 98.1 cm³/mol. The van der Waals surface area contributed by atoms with Crippen molar-refractivity contribution in [3.05, 3.63) is 58.0 Å². The summed E-state index contributed by atoms with van der Waals surface area (Å²) in [6.45, 7) is 3.26. The Labute approximate surface area is 154 Å². The Bertz CT molecular complexity index is 749. The lowest BCUT2D eigenvalue weighted by atomic mass is 10.1. The molecule has 0 bridgehead atoms. The fraction of sp³-hybridized carbons (Fsp3) is 0.333. The van der Waals surface area contributed by atoms with Gasteiger partial charge in [0.15, 0.2) is 10.5 Å². The van der Waals surface area contributed by atoms with Gasteiger partial charge in [-0.1, -0.05) is 35.8 Å². The molecule has 1 aromatic carbocycles. The average Bonchev–Trinajstić information content (AvgIpc) is 3.07. The van der Waals surface area contributed by atoms with Gasteiger partial charge in [0.25, 0.3) is 0 Å². The summed E-state index contributed by atoms with van der Waals surface area (Å²) >= 11 is 3.12. The van der Waals surface area contributed by atoms with Gasteiger partial charge in [-0.3, -0.25) is 4.90 Å². The minimum Gasteiger partial charge on any atom is -0.442 e. The Hall–Kier alpha value is -2.12. The number of benzene rings is 1. The largest absolute Gasteiger partial charge is 0.442 e. The molecule has 1 aliphatic rings. The first-order chi connectivity index (χ1) is 12.1. The van der Waals surface area contributed by atoms with Gasteiger partial charge in [0.05, 0.1) is 0 Å². The maximum absolute atomic E-state index is 11.8. The lowest BCUT2D eigenvalue weighted by Gasteiger charge is -2.26. The van der Waals surface area contributed by atoms with Gasteiger partial charge in [-0.25, -0.2) is 4.79 Å². The molecule has 1 aliphatic heterocycles.